The number of hydrogen-bond acceptors (Lipinski definition) is 2. The number of benzene rings is 1. The first-order valence-electron chi connectivity index (χ1n) is 12.7. The summed E-state index contributed by atoms with van der Waals surface area (Å²) < 4.78 is 0. The van der Waals surface area contributed by atoms with Gasteiger partial charge in [0, 0.05) is 24.9 Å². The fourth-order valence-corrected chi connectivity index (χ4v) is 6.24. The summed E-state index contributed by atoms with van der Waals surface area (Å²) in [7, 11) is 0. The van der Waals surface area contributed by atoms with E-state index in [1.165, 1.54) is 48.8 Å². The Labute approximate surface area is 188 Å². The maximum Gasteiger partial charge on any atom is 0.226 e. The first-order chi connectivity index (χ1) is 15.0. The Morgan fingerprint density at radius 1 is 0.871 bits per heavy atom. The van der Waals surface area contributed by atoms with Crippen LogP contribution in [0.25, 0.3) is 0 Å². The zero-order valence-electron chi connectivity index (χ0n) is 19.5. The number of amides is 2. The molecule has 0 spiro atoms. The molecule has 4 heteroatoms. The molecule has 31 heavy (non-hydrogen) atoms. The monoisotopic (exact) mass is 424 g/mol. The molecule has 3 fully saturated rings. The molecular weight excluding hydrogens is 384 g/mol. The van der Waals surface area contributed by atoms with Crippen LogP contribution in [0, 0.1) is 25.7 Å². The van der Waals surface area contributed by atoms with Crippen molar-refractivity contribution in [3.05, 3.63) is 34.9 Å². The molecule has 1 atom stereocenters. The quantitative estimate of drug-likeness (QED) is 0.668. The maximum absolute atomic E-state index is 13.4. The third-order valence-corrected chi connectivity index (χ3v) is 7.81. The van der Waals surface area contributed by atoms with Gasteiger partial charge in [-0.1, -0.05) is 48.6 Å². The molecular formula is C27H40N2O2. The van der Waals surface area contributed by atoms with Gasteiger partial charge >= 0.3 is 0 Å². The molecule has 3 aliphatic rings. The summed E-state index contributed by atoms with van der Waals surface area (Å²) in [5, 5.41) is 3.28. The Morgan fingerprint density at radius 2 is 1.55 bits per heavy atom. The van der Waals surface area contributed by atoms with E-state index in [-0.39, 0.29) is 23.9 Å². The molecule has 0 radical (unpaired) electrons. The average molecular weight is 425 g/mol. The van der Waals surface area contributed by atoms with Crippen LogP contribution < -0.4 is 5.32 Å². The highest BCUT2D eigenvalue weighted by atomic mass is 16.2. The zero-order chi connectivity index (χ0) is 21.8. The minimum absolute atomic E-state index is 0.123. The number of carbonyl (C=O) groups is 2. The van der Waals surface area contributed by atoms with Crippen molar-refractivity contribution in [2.75, 3.05) is 6.54 Å². The van der Waals surface area contributed by atoms with Gasteiger partial charge in [-0.05, 0) is 76.7 Å². The van der Waals surface area contributed by atoms with Gasteiger partial charge in [-0.15, -0.1) is 0 Å². The first kappa shape index (κ1) is 22.4. The van der Waals surface area contributed by atoms with Crippen LogP contribution in [0.1, 0.15) is 99.8 Å². The van der Waals surface area contributed by atoms with Crippen molar-refractivity contribution >= 4 is 11.8 Å². The molecule has 1 heterocycles. The van der Waals surface area contributed by atoms with Gasteiger partial charge in [0.05, 0.1) is 6.04 Å². The normalized spacial score (nSPS) is 27.3. The van der Waals surface area contributed by atoms with Crippen LogP contribution in [0.4, 0.5) is 0 Å². The van der Waals surface area contributed by atoms with Crippen molar-refractivity contribution in [1.82, 2.24) is 10.2 Å². The molecule has 0 aromatic heterocycles. The number of hydrogen-bond donors (Lipinski definition) is 1. The fraction of sp³-hybridized carbons (Fsp3) is 0.704. The van der Waals surface area contributed by atoms with Gasteiger partial charge in [-0.2, -0.15) is 0 Å². The molecule has 2 aliphatic carbocycles. The summed E-state index contributed by atoms with van der Waals surface area (Å²) in [6, 6.07) is 7.20. The summed E-state index contributed by atoms with van der Waals surface area (Å²) in [5.74, 6) is 1.28. The molecule has 1 aromatic rings. The van der Waals surface area contributed by atoms with Crippen LogP contribution in [-0.2, 0) is 9.59 Å². The lowest BCUT2D eigenvalue weighted by Gasteiger charge is -2.34. The van der Waals surface area contributed by atoms with Gasteiger partial charge in [-0.25, -0.2) is 0 Å². The van der Waals surface area contributed by atoms with Crippen LogP contribution in [-0.4, -0.2) is 29.3 Å². The standard InChI is InChI=1S/C27H40N2O2/c1-19-15-20(2)17-23(16-19)25-9-6-14-29(25)27(31)22-10-12-24(13-11-22)28-26(30)18-21-7-4-3-5-8-21/h15-17,21-22,24-25H,3-14,18H2,1-2H3,(H,28,30). The molecule has 0 bridgehead atoms. The molecule has 1 saturated heterocycles. The van der Waals surface area contributed by atoms with E-state index < -0.39 is 0 Å². The second-order valence-corrected chi connectivity index (χ2v) is 10.4. The number of nitrogens with one attached hydrogen (secondary N) is 1. The van der Waals surface area contributed by atoms with Crippen molar-refractivity contribution in [1.29, 1.82) is 0 Å². The molecule has 1 unspecified atom stereocenters. The summed E-state index contributed by atoms with van der Waals surface area (Å²) >= 11 is 0. The Morgan fingerprint density at radius 3 is 2.23 bits per heavy atom. The van der Waals surface area contributed by atoms with Crippen molar-refractivity contribution < 1.29 is 9.59 Å². The van der Waals surface area contributed by atoms with Gasteiger partial charge < -0.3 is 10.2 Å². The van der Waals surface area contributed by atoms with Gasteiger partial charge in [-0.3, -0.25) is 9.59 Å². The average Bonchev–Trinajstić information content (AvgIpc) is 3.24. The number of likely N-dealkylation sites (tertiary alicyclic amines) is 1. The smallest absolute Gasteiger partial charge is 0.226 e. The maximum atomic E-state index is 13.4. The molecule has 4 nitrogen and oxygen atoms in total. The van der Waals surface area contributed by atoms with Crippen LogP contribution in [0.2, 0.25) is 0 Å². The molecule has 1 aromatic carbocycles. The Kier molecular flexibility index (Phi) is 7.35. The molecule has 2 saturated carbocycles. The highest BCUT2D eigenvalue weighted by Gasteiger charge is 2.36. The molecule has 1 N–H and O–H groups in total. The van der Waals surface area contributed by atoms with Crippen LogP contribution >= 0.6 is 0 Å². The van der Waals surface area contributed by atoms with Crippen molar-refractivity contribution in [3.63, 3.8) is 0 Å². The predicted molar refractivity (Wildman–Crippen MR) is 125 cm³/mol. The summed E-state index contributed by atoms with van der Waals surface area (Å²) in [6.07, 6.45) is 12.9. The van der Waals surface area contributed by atoms with Crippen LogP contribution in [0.15, 0.2) is 18.2 Å². The van der Waals surface area contributed by atoms with Gasteiger partial charge in [0.15, 0.2) is 0 Å². The van der Waals surface area contributed by atoms with Crippen molar-refractivity contribution in [3.8, 4) is 0 Å². The highest BCUT2D eigenvalue weighted by Crippen LogP contribution is 2.36. The van der Waals surface area contributed by atoms with E-state index in [4.69, 9.17) is 0 Å². The van der Waals surface area contributed by atoms with E-state index in [0.29, 0.717) is 18.2 Å². The third-order valence-electron chi connectivity index (χ3n) is 7.81. The Hall–Kier alpha value is -1.84. The first-order valence-corrected chi connectivity index (χ1v) is 12.7. The van der Waals surface area contributed by atoms with E-state index in [1.807, 2.05) is 0 Å². The van der Waals surface area contributed by atoms with E-state index in [1.54, 1.807) is 0 Å². The fourth-order valence-electron chi connectivity index (χ4n) is 6.24. The lowest BCUT2D eigenvalue weighted by atomic mass is 9.84. The second kappa shape index (κ2) is 10.2. The van der Waals surface area contributed by atoms with Gasteiger partial charge in [0.1, 0.15) is 0 Å². The number of nitrogens with zero attached hydrogens (tertiary/aromatic N) is 1. The molecule has 2 amide bonds. The number of aryl methyl sites for hydroxylation is 2. The Balaban J connectivity index is 1.28. The van der Waals surface area contributed by atoms with Crippen LogP contribution in [0.3, 0.4) is 0 Å². The van der Waals surface area contributed by atoms with Crippen LogP contribution in [0.5, 0.6) is 0 Å². The third kappa shape index (κ3) is 5.70. The Bertz CT molecular complexity index is 755. The van der Waals surface area contributed by atoms with Gasteiger partial charge in [0.25, 0.3) is 0 Å². The second-order valence-electron chi connectivity index (χ2n) is 10.4. The lowest BCUT2D eigenvalue weighted by molar-refractivity contribution is -0.137. The summed E-state index contributed by atoms with van der Waals surface area (Å²) in [5.41, 5.74) is 3.85. The lowest BCUT2D eigenvalue weighted by Crippen LogP contribution is -2.42. The van der Waals surface area contributed by atoms with E-state index >= 15 is 0 Å². The van der Waals surface area contributed by atoms with Crippen molar-refractivity contribution in [2.24, 2.45) is 11.8 Å². The van der Waals surface area contributed by atoms with E-state index in [9.17, 15) is 9.59 Å². The van der Waals surface area contributed by atoms with E-state index in [2.05, 4.69) is 42.3 Å². The van der Waals surface area contributed by atoms with E-state index in [0.717, 1.165) is 45.1 Å². The number of rotatable bonds is 5. The number of carbonyl (C=O) groups excluding carboxylic acids is 2. The minimum atomic E-state index is 0.123. The zero-order valence-corrected chi connectivity index (χ0v) is 19.5. The molecule has 1 aliphatic heterocycles. The summed E-state index contributed by atoms with van der Waals surface area (Å²) in [6.45, 7) is 5.16. The predicted octanol–water partition coefficient (Wildman–Crippen LogP) is 5.61. The topological polar surface area (TPSA) is 49.4 Å². The van der Waals surface area contributed by atoms with Crippen molar-refractivity contribution in [2.45, 2.75) is 103 Å². The highest BCUT2D eigenvalue weighted by molar-refractivity contribution is 5.80. The molecule has 4 rings (SSSR count). The summed E-state index contributed by atoms with van der Waals surface area (Å²) in [4.78, 5) is 28.0. The largest absolute Gasteiger partial charge is 0.353 e. The molecule has 170 valence electrons. The van der Waals surface area contributed by atoms with Gasteiger partial charge in [0.2, 0.25) is 11.8 Å². The SMILES string of the molecule is Cc1cc(C)cc(C2CCCN2C(=O)C2CCC(NC(=O)CC3CCCCC3)CC2)c1. The minimum Gasteiger partial charge on any atom is -0.353 e.